The van der Waals surface area contributed by atoms with Crippen LogP contribution in [0.4, 0.5) is 21.8 Å². The molecule has 7 heteroatoms. The summed E-state index contributed by atoms with van der Waals surface area (Å²) in [5.74, 6) is 1.87. The van der Waals surface area contributed by atoms with Gasteiger partial charge in [0.15, 0.2) is 5.82 Å². The number of hydrogen-bond acceptors (Lipinski definition) is 6. The molecule has 0 fully saturated rings. The summed E-state index contributed by atoms with van der Waals surface area (Å²) in [6, 6.07) is 3.67. The third-order valence-corrected chi connectivity index (χ3v) is 5.14. The highest BCUT2D eigenvalue weighted by atomic mass is 19.1. The minimum Gasteiger partial charge on any atom is -0.492 e. The van der Waals surface area contributed by atoms with Crippen LogP contribution in [-0.4, -0.2) is 36.7 Å². The molecule has 0 bridgehead atoms. The van der Waals surface area contributed by atoms with Crippen LogP contribution in [0.2, 0.25) is 0 Å². The fourth-order valence-corrected chi connectivity index (χ4v) is 3.82. The van der Waals surface area contributed by atoms with Crippen molar-refractivity contribution >= 4 is 23.0 Å². The second kappa shape index (κ2) is 7.75. The van der Waals surface area contributed by atoms with Crippen LogP contribution in [0.1, 0.15) is 30.2 Å². The molecule has 2 aromatic rings. The molecule has 0 amide bonds. The zero-order chi connectivity index (χ0) is 19.7. The SMILES string of the molecule is CNc1cc(C)nc(Nc2cc3c(c(C4=CCNC[C@@H](C)C4)c2F)OCC3)n1. The van der Waals surface area contributed by atoms with Crippen molar-refractivity contribution in [3.05, 3.63) is 40.8 Å². The highest BCUT2D eigenvalue weighted by Gasteiger charge is 2.27. The van der Waals surface area contributed by atoms with E-state index >= 15 is 4.39 Å². The summed E-state index contributed by atoms with van der Waals surface area (Å²) in [7, 11) is 1.80. The molecule has 3 heterocycles. The maximum atomic E-state index is 15.7. The largest absolute Gasteiger partial charge is 0.492 e. The van der Waals surface area contributed by atoms with Gasteiger partial charge in [0.25, 0.3) is 0 Å². The number of allylic oxidation sites excluding steroid dienone is 1. The molecule has 1 aromatic heterocycles. The van der Waals surface area contributed by atoms with E-state index in [9.17, 15) is 0 Å². The first-order valence-corrected chi connectivity index (χ1v) is 9.74. The summed E-state index contributed by atoms with van der Waals surface area (Å²) in [5.41, 5.74) is 3.79. The van der Waals surface area contributed by atoms with Crippen molar-refractivity contribution in [2.45, 2.75) is 26.7 Å². The van der Waals surface area contributed by atoms with Crippen molar-refractivity contribution in [2.24, 2.45) is 5.92 Å². The van der Waals surface area contributed by atoms with Crippen molar-refractivity contribution in [2.75, 3.05) is 37.4 Å². The molecule has 2 aliphatic heterocycles. The van der Waals surface area contributed by atoms with Crippen molar-refractivity contribution in [3.8, 4) is 5.75 Å². The summed E-state index contributed by atoms with van der Waals surface area (Å²) in [6.45, 7) is 6.30. The lowest BCUT2D eigenvalue weighted by Gasteiger charge is -2.18. The van der Waals surface area contributed by atoms with E-state index in [1.807, 2.05) is 19.1 Å². The van der Waals surface area contributed by atoms with Crippen molar-refractivity contribution in [1.29, 1.82) is 0 Å². The second-order valence-electron chi connectivity index (χ2n) is 7.49. The first-order chi connectivity index (χ1) is 13.5. The molecule has 0 spiro atoms. The van der Waals surface area contributed by atoms with Gasteiger partial charge in [0.2, 0.25) is 5.95 Å². The number of anilines is 3. The number of halogens is 1. The molecule has 0 saturated heterocycles. The minimum absolute atomic E-state index is 0.308. The topological polar surface area (TPSA) is 71.1 Å². The van der Waals surface area contributed by atoms with E-state index in [-0.39, 0.29) is 5.82 Å². The first-order valence-electron chi connectivity index (χ1n) is 9.74. The maximum absolute atomic E-state index is 15.7. The molecule has 0 aliphatic carbocycles. The zero-order valence-corrected chi connectivity index (χ0v) is 16.5. The van der Waals surface area contributed by atoms with E-state index in [0.29, 0.717) is 41.3 Å². The number of fused-ring (bicyclic) bond motifs is 1. The predicted octanol–water partition coefficient (Wildman–Crippen LogP) is 3.66. The predicted molar refractivity (Wildman–Crippen MR) is 110 cm³/mol. The summed E-state index contributed by atoms with van der Waals surface area (Å²) in [5, 5.41) is 9.47. The molecular weight excluding hydrogens is 357 g/mol. The number of aromatic nitrogens is 2. The van der Waals surface area contributed by atoms with E-state index in [2.05, 4.69) is 38.9 Å². The molecule has 3 N–H and O–H groups in total. The summed E-state index contributed by atoms with van der Waals surface area (Å²) >= 11 is 0. The molecule has 0 saturated carbocycles. The van der Waals surface area contributed by atoms with Gasteiger partial charge in [-0.1, -0.05) is 13.0 Å². The molecule has 0 radical (unpaired) electrons. The average molecular weight is 383 g/mol. The lowest BCUT2D eigenvalue weighted by molar-refractivity contribution is 0.354. The van der Waals surface area contributed by atoms with Gasteiger partial charge in [-0.2, -0.15) is 4.98 Å². The molecule has 4 rings (SSSR count). The Balaban J connectivity index is 1.77. The fourth-order valence-electron chi connectivity index (χ4n) is 3.82. The summed E-state index contributed by atoms with van der Waals surface area (Å²) in [6.07, 6.45) is 3.67. The number of benzene rings is 1. The minimum atomic E-state index is -0.308. The van der Waals surface area contributed by atoms with Gasteiger partial charge in [-0.05, 0) is 37.4 Å². The van der Waals surface area contributed by atoms with Crippen LogP contribution in [0.25, 0.3) is 5.57 Å². The number of ether oxygens (including phenoxy) is 1. The lowest BCUT2D eigenvalue weighted by Crippen LogP contribution is -2.18. The van der Waals surface area contributed by atoms with Gasteiger partial charge in [0.1, 0.15) is 11.6 Å². The molecule has 148 valence electrons. The molecule has 1 aromatic carbocycles. The summed E-state index contributed by atoms with van der Waals surface area (Å²) in [4.78, 5) is 8.79. The van der Waals surface area contributed by atoms with E-state index in [4.69, 9.17) is 4.74 Å². The van der Waals surface area contributed by atoms with Crippen molar-refractivity contribution < 1.29 is 9.13 Å². The van der Waals surface area contributed by atoms with Crippen molar-refractivity contribution in [3.63, 3.8) is 0 Å². The molecule has 28 heavy (non-hydrogen) atoms. The Morgan fingerprint density at radius 1 is 1.29 bits per heavy atom. The number of nitrogens with zero attached hydrogens (tertiary/aromatic N) is 2. The van der Waals surface area contributed by atoms with Crippen LogP contribution in [0, 0.1) is 18.7 Å². The first kappa shape index (κ1) is 18.7. The van der Waals surface area contributed by atoms with E-state index < -0.39 is 0 Å². The highest BCUT2D eigenvalue weighted by Crippen LogP contribution is 2.42. The van der Waals surface area contributed by atoms with Gasteiger partial charge in [-0.15, -0.1) is 0 Å². The Hall–Kier alpha value is -2.67. The Bertz CT molecular complexity index is 927. The molecular formula is C21H26FN5O. The number of nitrogens with one attached hydrogen (secondary N) is 3. The fraction of sp³-hybridized carbons (Fsp3) is 0.429. The maximum Gasteiger partial charge on any atom is 0.229 e. The van der Waals surface area contributed by atoms with E-state index in [1.165, 1.54) is 0 Å². The molecule has 6 nitrogen and oxygen atoms in total. The van der Waals surface area contributed by atoms with Gasteiger partial charge >= 0.3 is 0 Å². The van der Waals surface area contributed by atoms with E-state index in [0.717, 1.165) is 42.8 Å². The normalized spacial score (nSPS) is 18.7. The van der Waals surface area contributed by atoms with E-state index in [1.54, 1.807) is 7.05 Å². The van der Waals surface area contributed by atoms with Crippen LogP contribution >= 0.6 is 0 Å². The second-order valence-corrected chi connectivity index (χ2v) is 7.49. The average Bonchev–Trinajstić information content (AvgIpc) is 3.01. The monoisotopic (exact) mass is 383 g/mol. The third kappa shape index (κ3) is 3.67. The smallest absolute Gasteiger partial charge is 0.229 e. The van der Waals surface area contributed by atoms with Crippen LogP contribution in [-0.2, 0) is 6.42 Å². The molecule has 1 atom stereocenters. The Morgan fingerprint density at radius 2 is 2.14 bits per heavy atom. The lowest BCUT2D eigenvalue weighted by atomic mass is 9.92. The van der Waals surface area contributed by atoms with Gasteiger partial charge in [-0.3, -0.25) is 0 Å². The van der Waals surface area contributed by atoms with Gasteiger partial charge in [-0.25, -0.2) is 9.37 Å². The zero-order valence-electron chi connectivity index (χ0n) is 16.5. The number of hydrogen-bond donors (Lipinski definition) is 3. The van der Waals surface area contributed by atoms with Gasteiger partial charge < -0.3 is 20.7 Å². The Morgan fingerprint density at radius 3 is 2.96 bits per heavy atom. The molecule has 2 aliphatic rings. The van der Waals surface area contributed by atoms with Gasteiger partial charge in [0.05, 0.1) is 17.9 Å². The van der Waals surface area contributed by atoms with Crippen LogP contribution in [0.3, 0.4) is 0 Å². The molecule has 0 unspecified atom stereocenters. The van der Waals surface area contributed by atoms with Crippen LogP contribution in [0.15, 0.2) is 18.2 Å². The Kier molecular flexibility index (Phi) is 5.17. The quantitative estimate of drug-likeness (QED) is 0.749. The standard InChI is InChI=1S/C21H26FN5O/c1-12-8-14(4-6-24-11-12)18-19(22)16(10-15-5-7-28-20(15)18)26-21-25-13(2)9-17(23-3)27-21/h4,9-10,12,24H,5-8,11H2,1-3H3,(H2,23,25,26,27)/t12-/m0/s1. The Labute approximate surface area is 164 Å². The van der Waals surface area contributed by atoms with Crippen molar-refractivity contribution in [1.82, 2.24) is 15.3 Å². The van der Waals surface area contributed by atoms with Gasteiger partial charge in [0, 0.05) is 37.3 Å². The number of rotatable bonds is 4. The highest BCUT2D eigenvalue weighted by molar-refractivity contribution is 5.78. The summed E-state index contributed by atoms with van der Waals surface area (Å²) < 4.78 is 21.5. The number of aryl methyl sites for hydroxylation is 1. The third-order valence-electron chi connectivity index (χ3n) is 5.14. The van der Waals surface area contributed by atoms with Crippen LogP contribution < -0.4 is 20.7 Å². The van der Waals surface area contributed by atoms with Crippen LogP contribution in [0.5, 0.6) is 5.75 Å².